The molecule has 1 aliphatic rings. The van der Waals surface area contributed by atoms with Gasteiger partial charge in [-0.05, 0) is 49.4 Å². The normalized spacial score (nSPS) is 11.7. The lowest BCUT2D eigenvalue weighted by molar-refractivity contribution is 0.0927. The lowest BCUT2D eigenvalue weighted by atomic mass is 10.2. The van der Waals surface area contributed by atoms with Gasteiger partial charge in [0.05, 0.1) is 6.61 Å². The van der Waals surface area contributed by atoms with Gasteiger partial charge < -0.3 is 24.8 Å². The van der Waals surface area contributed by atoms with Gasteiger partial charge in [-0.1, -0.05) is 0 Å². The predicted molar refractivity (Wildman–Crippen MR) is 94.8 cm³/mol. The van der Waals surface area contributed by atoms with Gasteiger partial charge >= 0.3 is 0 Å². The second-order valence-corrected chi connectivity index (χ2v) is 5.54. The summed E-state index contributed by atoms with van der Waals surface area (Å²) in [6.45, 7) is 3.28. The highest BCUT2D eigenvalue weighted by Crippen LogP contribution is 2.32. The molecule has 2 amide bonds. The van der Waals surface area contributed by atoms with E-state index in [0.29, 0.717) is 42.3 Å². The van der Waals surface area contributed by atoms with Crippen LogP contribution in [-0.4, -0.2) is 38.3 Å². The van der Waals surface area contributed by atoms with Gasteiger partial charge in [0.1, 0.15) is 5.75 Å². The van der Waals surface area contributed by atoms with Crippen molar-refractivity contribution in [2.24, 2.45) is 0 Å². The molecule has 0 atom stereocenters. The van der Waals surface area contributed by atoms with Crippen LogP contribution < -0.4 is 24.8 Å². The molecule has 7 nitrogen and oxygen atoms in total. The second-order valence-electron chi connectivity index (χ2n) is 5.54. The molecule has 0 unspecified atom stereocenters. The zero-order valence-electron chi connectivity index (χ0n) is 14.4. The molecule has 0 radical (unpaired) electrons. The van der Waals surface area contributed by atoms with E-state index >= 15 is 0 Å². The number of amides is 2. The zero-order valence-corrected chi connectivity index (χ0v) is 14.4. The summed E-state index contributed by atoms with van der Waals surface area (Å²) in [5, 5.41) is 5.51. The number of nitrogens with one attached hydrogen (secondary N) is 2. The van der Waals surface area contributed by atoms with E-state index in [-0.39, 0.29) is 18.6 Å². The van der Waals surface area contributed by atoms with Crippen molar-refractivity contribution in [3.63, 3.8) is 0 Å². The molecule has 2 N–H and O–H groups in total. The van der Waals surface area contributed by atoms with E-state index in [9.17, 15) is 9.59 Å². The maximum atomic E-state index is 12.1. The highest BCUT2D eigenvalue weighted by Gasteiger charge is 2.16. The third-order valence-corrected chi connectivity index (χ3v) is 3.76. The van der Waals surface area contributed by atoms with Gasteiger partial charge in [-0.25, -0.2) is 0 Å². The van der Waals surface area contributed by atoms with Gasteiger partial charge in [-0.3, -0.25) is 9.59 Å². The molecule has 7 heteroatoms. The van der Waals surface area contributed by atoms with Crippen LogP contribution in [0.15, 0.2) is 42.5 Å². The molecule has 2 aromatic carbocycles. The molecule has 0 saturated heterocycles. The van der Waals surface area contributed by atoms with E-state index in [2.05, 4.69) is 10.6 Å². The monoisotopic (exact) mass is 356 g/mol. The molecule has 1 heterocycles. The topological polar surface area (TPSA) is 85.9 Å². The van der Waals surface area contributed by atoms with E-state index < -0.39 is 0 Å². The molecule has 0 bridgehead atoms. The Kier molecular flexibility index (Phi) is 5.58. The fraction of sp³-hybridized carbons (Fsp3) is 0.263. The SMILES string of the molecule is CCOc1ccc(C(=O)NCCNC(=O)c2ccc3c(c2)OCO3)cc1. The second kappa shape index (κ2) is 8.24. The number of fused-ring (bicyclic) bond motifs is 1. The van der Waals surface area contributed by atoms with Gasteiger partial charge in [0.25, 0.3) is 11.8 Å². The molecule has 0 fully saturated rings. The fourth-order valence-corrected chi connectivity index (χ4v) is 2.46. The van der Waals surface area contributed by atoms with E-state index in [4.69, 9.17) is 14.2 Å². The van der Waals surface area contributed by atoms with Crippen molar-refractivity contribution >= 4 is 11.8 Å². The van der Waals surface area contributed by atoms with Crippen LogP contribution in [0.4, 0.5) is 0 Å². The van der Waals surface area contributed by atoms with Crippen LogP contribution in [-0.2, 0) is 0 Å². The first-order chi connectivity index (χ1) is 12.7. The molecule has 3 rings (SSSR count). The lowest BCUT2D eigenvalue weighted by Crippen LogP contribution is -2.34. The maximum absolute atomic E-state index is 12.1. The van der Waals surface area contributed by atoms with Crippen molar-refractivity contribution in [3.05, 3.63) is 53.6 Å². The van der Waals surface area contributed by atoms with Crippen molar-refractivity contribution in [1.82, 2.24) is 10.6 Å². The first-order valence-electron chi connectivity index (χ1n) is 8.36. The Morgan fingerprint density at radius 2 is 1.54 bits per heavy atom. The van der Waals surface area contributed by atoms with Crippen LogP contribution in [0.3, 0.4) is 0 Å². The predicted octanol–water partition coefficient (Wildman–Crippen LogP) is 1.97. The average Bonchev–Trinajstić information content (AvgIpc) is 3.13. The smallest absolute Gasteiger partial charge is 0.251 e. The van der Waals surface area contributed by atoms with Crippen LogP contribution in [0, 0.1) is 0 Å². The van der Waals surface area contributed by atoms with E-state index in [1.54, 1.807) is 42.5 Å². The van der Waals surface area contributed by atoms with Gasteiger partial charge in [0.2, 0.25) is 6.79 Å². The van der Waals surface area contributed by atoms with E-state index in [0.717, 1.165) is 5.75 Å². The Hall–Kier alpha value is -3.22. The molecule has 1 aliphatic heterocycles. The summed E-state index contributed by atoms with van der Waals surface area (Å²) in [7, 11) is 0. The Morgan fingerprint density at radius 1 is 0.923 bits per heavy atom. The van der Waals surface area contributed by atoms with Crippen molar-refractivity contribution in [2.75, 3.05) is 26.5 Å². The third-order valence-electron chi connectivity index (χ3n) is 3.76. The van der Waals surface area contributed by atoms with Gasteiger partial charge in [0, 0.05) is 24.2 Å². The first-order valence-corrected chi connectivity index (χ1v) is 8.36. The molecular weight excluding hydrogens is 336 g/mol. The van der Waals surface area contributed by atoms with Gasteiger partial charge in [-0.15, -0.1) is 0 Å². The highest BCUT2D eigenvalue weighted by atomic mass is 16.7. The molecule has 2 aromatic rings. The number of ether oxygens (including phenoxy) is 3. The Morgan fingerprint density at radius 3 is 2.23 bits per heavy atom. The fourth-order valence-electron chi connectivity index (χ4n) is 2.46. The first kappa shape index (κ1) is 17.6. The third kappa shape index (κ3) is 4.24. The summed E-state index contributed by atoms with van der Waals surface area (Å²) in [5.41, 5.74) is 1.02. The number of rotatable bonds is 7. The van der Waals surface area contributed by atoms with E-state index in [1.165, 1.54) is 0 Å². The minimum absolute atomic E-state index is 0.165. The number of carbonyl (C=O) groups is 2. The standard InChI is InChI=1S/C19H20N2O5/c1-2-24-15-6-3-13(4-7-15)18(22)20-9-10-21-19(23)14-5-8-16-17(11-14)26-12-25-16/h3-8,11H,2,9-10,12H2,1H3,(H,20,22)(H,21,23). The van der Waals surface area contributed by atoms with Crippen LogP contribution in [0.25, 0.3) is 0 Å². The van der Waals surface area contributed by atoms with Crippen molar-refractivity contribution < 1.29 is 23.8 Å². The number of benzene rings is 2. The number of hydrogen-bond acceptors (Lipinski definition) is 5. The molecule has 0 aromatic heterocycles. The molecule has 0 aliphatic carbocycles. The summed E-state index contributed by atoms with van der Waals surface area (Å²) in [6, 6.07) is 11.9. The zero-order chi connectivity index (χ0) is 18.4. The van der Waals surface area contributed by atoms with Crippen molar-refractivity contribution in [1.29, 1.82) is 0 Å². The van der Waals surface area contributed by atoms with E-state index in [1.807, 2.05) is 6.92 Å². The minimum atomic E-state index is -0.237. The molecular formula is C19H20N2O5. The summed E-state index contributed by atoms with van der Waals surface area (Å²) in [6.07, 6.45) is 0. The summed E-state index contributed by atoms with van der Waals surface area (Å²) >= 11 is 0. The molecule has 0 saturated carbocycles. The average molecular weight is 356 g/mol. The molecule has 0 spiro atoms. The largest absolute Gasteiger partial charge is 0.494 e. The van der Waals surface area contributed by atoms with Crippen molar-refractivity contribution in [2.45, 2.75) is 6.92 Å². The van der Waals surface area contributed by atoms with Gasteiger partial charge in [0.15, 0.2) is 11.5 Å². The number of carbonyl (C=O) groups excluding carboxylic acids is 2. The van der Waals surface area contributed by atoms with Crippen LogP contribution in [0.1, 0.15) is 27.6 Å². The highest BCUT2D eigenvalue weighted by molar-refractivity contribution is 5.95. The Bertz CT molecular complexity index is 789. The molecule has 136 valence electrons. The quantitative estimate of drug-likeness (QED) is 0.741. The van der Waals surface area contributed by atoms with Crippen molar-refractivity contribution in [3.8, 4) is 17.2 Å². The Balaban J connectivity index is 1.43. The number of hydrogen-bond donors (Lipinski definition) is 2. The molecule has 26 heavy (non-hydrogen) atoms. The Labute approximate surface area is 151 Å². The van der Waals surface area contributed by atoms with Crippen LogP contribution >= 0.6 is 0 Å². The summed E-state index contributed by atoms with van der Waals surface area (Å²) < 4.78 is 15.8. The van der Waals surface area contributed by atoms with Crippen LogP contribution in [0.2, 0.25) is 0 Å². The summed E-state index contributed by atoms with van der Waals surface area (Å²) in [4.78, 5) is 24.2. The maximum Gasteiger partial charge on any atom is 0.251 e. The minimum Gasteiger partial charge on any atom is -0.494 e. The van der Waals surface area contributed by atoms with Crippen LogP contribution in [0.5, 0.6) is 17.2 Å². The lowest BCUT2D eigenvalue weighted by Gasteiger charge is -2.08. The van der Waals surface area contributed by atoms with Gasteiger partial charge in [-0.2, -0.15) is 0 Å². The summed E-state index contributed by atoms with van der Waals surface area (Å²) in [5.74, 6) is 1.47.